The second kappa shape index (κ2) is 7.93. The van der Waals surface area contributed by atoms with Crippen molar-refractivity contribution in [3.8, 4) is 0 Å². The number of fused-ring (bicyclic) bond motifs is 1. The molecule has 3 atom stereocenters. The van der Waals surface area contributed by atoms with Gasteiger partial charge in [0.05, 0.1) is 24.5 Å². The normalized spacial score (nSPS) is 25.0. The summed E-state index contributed by atoms with van der Waals surface area (Å²) in [5, 5.41) is 4.15. The highest BCUT2D eigenvalue weighted by Crippen LogP contribution is 2.36. The molecule has 1 saturated heterocycles. The number of halogens is 2. The Hall–Kier alpha value is -2.41. The Labute approximate surface area is 178 Å². The maximum Gasteiger partial charge on any atom is 0.250 e. The van der Waals surface area contributed by atoms with E-state index in [1.165, 1.54) is 6.20 Å². The quantitative estimate of drug-likeness (QED) is 0.646. The summed E-state index contributed by atoms with van der Waals surface area (Å²) in [4.78, 5) is 15.5. The summed E-state index contributed by atoms with van der Waals surface area (Å²) in [6, 6.07) is 1.82. The van der Waals surface area contributed by atoms with Crippen LogP contribution < -0.4 is 11.5 Å². The first-order chi connectivity index (χ1) is 14.5. The zero-order valence-corrected chi connectivity index (χ0v) is 17.7. The zero-order chi connectivity index (χ0) is 22.5. The highest BCUT2D eigenvalue weighted by atomic mass is 32.2. The molecule has 0 saturated carbocycles. The van der Waals surface area contributed by atoms with Gasteiger partial charge in [0, 0.05) is 49.0 Å². The van der Waals surface area contributed by atoms with Gasteiger partial charge in [0.25, 0.3) is 10.0 Å². The van der Waals surface area contributed by atoms with E-state index < -0.39 is 39.6 Å². The van der Waals surface area contributed by atoms with Crippen molar-refractivity contribution in [3.63, 3.8) is 0 Å². The van der Waals surface area contributed by atoms with Gasteiger partial charge in [-0.3, -0.25) is 14.6 Å². The number of hydrogen-bond donors (Lipinski definition) is 2. The lowest BCUT2D eigenvalue weighted by Gasteiger charge is -2.45. The fourth-order valence-corrected chi connectivity index (χ4v) is 5.11. The number of nitrogens with zero attached hydrogens (tertiary/aromatic N) is 4. The average Bonchev–Trinajstić information content (AvgIpc) is 3.22. The van der Waals surface area contributed by atoms with Gasteiger partial charge in [0.1, 0.15) is 11.6 Å². The van der Waals surface area contributed by atoms with Crippen LogP contribution in [0.4, 0.5) is 8.78 Å². The summed E-state index contributed by atoms with van der Waals surface area (Å²) in [6.45, 7) is 1.13. The Morgan fingerprint density at radius 1 is 1.29 bits per heavy atom. The third-order valence-electron chi connectivity index (χ3n) is 5.86. The monoisotopic (exact) mass is 454 g/mol. The molecule has 2 aromatic rings. The fourth-order valence-electron chi connectivity index (χ4n) is 4.55. The summed E-state index contributed by atoms with van der Waals surface area (Å²) in [5.74, 6) is -1.77. The van der Waals surface area contributed by atoms with Crippen LogP contribution in [0.3, 0.4) is 0 Å². The molecule has 3 heterocycles. The highest BCUT2D eigenvalue weighted by Gasteiger charge is 2.41. The van der Waals surface area contributed by atoms with Crippen molar-refractivity contribution in [1.82, 2.24) is 19.0 Å². The molecule has 2 aliphatic rings. The van der Waals surface area contributed by atoms with Crippen LogP contribution in [0.5, 0.6) is 0 Å². The number of amides is 1. The standard InChI is InChI=1S/C19H24F2N6O3S/c1-31(29,30)27-7-11-6-25(9-17(11)24-27)13-5-16(22)19(26(8-13)10-18(23)28)14-4-12(20)2-3-15(14)21/h2-4,7,13,16,19H,5-6,8-10,22H2,1H3,(H2,23,28)/t13-,16+,19?/m1/s1. The topological polar surface area (TPSA) is 128 Å². The minimum atomic E-state index is -3.46. The molecule has 31 heavy (non-hydrogen) atoms. The largest absolute Gasteiger partial charge is 0.369 e. The summed E-state index contributed by atoms with van der Waals surface area (Å²) in [6.07, 6.45) is 3.06. The second-order valence-electron chi connectivity index (χ2n) is 8.20. The minimum Gasteiger partial charge on any atom is -0.369 e. The van der Waals surface area contributed by atoms with Gasteiger partial charge in [-0.2, -0.15) is 9.19 Å². The van der Waals surface area contributed by atoms with Crippen molar-refractivity contribution in [2.75, 3.05) is 19.3 Å². The third-order valence-corrected chi connectivity index (χ3v) is 6.73. The fraction of sp³-hybridized carbons (Fsp3) is 0.474. The van der Waals surface area contributed by atoms with Crippen LogP contribution >= 0.6 is 0 Å². The van der Waals surface area contributed by atoms with Gasteiger partial charge < -0.3 is 11.5 Å². The number of carbonyl (C=O) groups excluding carboxylic acids is 1. The molecular weight excluding hydrogens is 430 g/mol. The molecule has 0 radical (unpaired) electrons. The lowest BCUT2D eigenvalue weighted by Crippen LogP contribution is -2.57. The number of carbonyl (C=O) groups is 1. The van der Waals surface area contributed by atoms with Crippen molar-refractivity contribution in [2.45, 2.75) is 37.6 Å². The Morgan fingerprint density at radius 3 is 2.68 bits per heavy atom. The Kier molecular flexibility index (Phi) is 5.58. The molecule has 4 N–H and O–H groups in total. The lowest BCUT2D eigenvalue weighted by atomic mass is 9.87. The first-order valence-corrected chi connectivity index (χ1v) is 11.6. The molecule has 0 aliphatic carbocycles. The maximum atomic E-state index is 14.5. The molecule has 12 heteroatoms. The van der Waals surface area contributed by atoms with Crippen molar-refractivity contribution < 1.29 is 22.0 Å². The molecule has 1 amide bonds. The van der Waals surface area contributed by atoms with E-state index in [0.717, 1.165) is 34.1 Å². The van der Waals surface area contributed by atoms with Crippen molar-refractivity contribution in [3.05, 3.63) is 52.9 Å². The van der Waals surface area contributed by atoms with Gasteiger partial charge in [-0.05, 0) is 24.6 Å². The highest BCUT2D eigenvalue weighted by molar-refractivity contribution is 7.89. The summed E-state index contributed by atoms with van der Waals surface area (Å²) in [5.41, 5.74) is 13.4. The van der Waals surface area contributed by atoms with Crippen LogP contribution in [0, 0.1) is 11.6 Å². The molecule has 168 valence electrons. The van der Waals surface area contributed by atoms with Crippen LogP contribution in [0.25, 0.3) is 0 Å². The number of likely N-dealkylation sites (tertiary alicyclic amines) is 1. The van der Waals surface area contributed by atoms with E-state index in [1.807, 2.05) is 0 Å². The predicted octanol–water partition coefficient (Wildman–Crippen LogP) is -0.0872. The van der Waals surface area contributed by atoms with Gasteiger partial charge in [0.2, 0.25) is 5.91 Å². The van der Waals surface area contributed by atoms with E-state index in [0.29, 0.717) is 31.7 Å². The van der Waals surface area contributed by atoms with Gasteiger partial charge in [0.15, 0.2) is 0 Å². The lowest BCUT2D eigenvalue weighted by molar-refractivity contribution is -0.120. The van der Waals surface area contributed by atoms with Crippen molar-refractivity contribution in [1.29, 1.82) is 0 Å². The molecule has 1 aromatic heterocycles. The average molecular weight is 455 g/mol. The molecule has 0 bridgehead atoms. The Bertz CT molecular complexity index is 1100. The first-order valence-electron chi connectivity index (χ1n) is 9.78. The van der Waals surface area contributed by atoms with Gasteiger partial charge in [-0.25, -0.2) is 17.2 Å². The van der Waals surface area contributed by atoms with Crippen molar-refractivity contribution in [2.24, 2.45) is 11.5 Å². The van der Waals surface area contributed by atoms with Crippen LogP contribution in [-0.4, -0.2) is 64.7 Å². The molecule has 0 spiro atoms. The van der Waals surface area contributed by atoms with Crippen molar-refractivity contribution >= 4 is 15.9 Å². The SMILES string of the molecule is CS(=O)(=O)n1cc2c(n1)CN([C@@H]1C[C@H](N)C(c3cc(F)ccc3F)N(CC(N)=O)C1)C2. The molecule has 1 aromatic carbocycles. The zero-order valence-electron chi connectivity index (χ0n) is 16.9. The summed E-state index contributed by atoms with van der Waals surface area (Å²) < 4.78 is 52.6. The molecule has 1 unspecified atom stereocenters. The van der Waals surface area contributed by atoms with Crippen LogP contribution in [0.1, 0.15) is 29.3 Å². The number of aromatic nitrogens is 2. The summed E-state index contributed by atoms with van der Waals surface area (Å²) in [7, 11) is -3.46. The third kappa shape index (κ3) is 4.33. The smallest absolute Gasteiger partial charge is 0.250 e. The number of primary amides is 1. The number of piperidine rings is 1. The Balaban J connectivity index is 1.56. The van der Waals surface area contributed by atoms with E-state index in [-0.39, 0.29) is 18.2 Å². The number of rotatable bonds is 5. The number of benzene rings is 1. The molecule has 2 aliphatic heterocycles. The molecule has 1 fully saturated rings. The van der Waals surface area contributed by atoms with E-state index in [2.05, 4.69) is 10.00 Å². The predicted molar refractivity (Wildman–Crippen MR) is 108 cm³/mol. The van der Waals surface area contributed by atoms with Crippen LogP contribution in [0.15, 0.2) is 24.4 Å². The van der Waals surface area contributed by atoms with E-state index in [1.54, 1.807) is 4.90 Å². The molecule has 4 rings (SSSR count). The molecular formula is C19H24F2N6O3S. The number of hydrogen-bond acceptors (Lipinski definition) is 7. The minimum absolute atomic E-state index is 0.0943. The van der Waals surface area contributed by atoms with E-state index >= 15 is 0 Å². The molecule has 9 nitrogen and oxygen atoms in total. The summed E-state index contributed by atoms with van der Waals surface area (Å²) >= 11 is 0. The first kappa shape index (κ1) is 21.8. The van der Waals surface area contributed by atoms with E-state index in [4.69, 9.17) is 11.5 Å². The number of nitrogens with two attached hydrogens (primary N) is 2. The second-order valence-corrected chi connectivity index (χ2v) is 10.0. The van der Waals surface area contributed by atoms with Gasteiger partial charge in [-0.15, -0.1) is 0 Å². The Morgan fingerprint density at radius 2 is 2.03 bits per heavy atom. The van der Waals surface area contributed by atoms with Gasteiger partial charge in [-0.1, -0.05) is 0 Å². The maximum absolute atomic E-state index is 14.5. The van der Waals surface area contributed by atoms with Crippen LogP contribution in [0.2, 0.25) is 0 Å². The van der Waals surface area contributed by atoms with E-state index in [9.17, 15) is 22.0 Å². The van der Waals surface area contributed by atoms with Crippen LogP contribution in [-0.2, 0) is 27.9 Å². The van der Waals surface area contributed by atoms with Gasteiger partial charge >= 0.3 is 0 Å².